The Morgan fingerprint density at radius 3 is 2.94 bits per heavy atom. The third-order valence-corrected chi connectivity index (χ3v) is 3.08. The molecule has 2 rings (SSSR count). The average Bonchev–Trinajstić information content (AvgIpc) is 3.06. The number of carbonyl (C=O) groups excluding carboxylic acids is 1. The van der Waals surface area contributed by atoms with Gasteiger partial charge in [-0.3, -0.25) is 4.79 Å². The van der Waals surface area contributed by atoms with E-state index in [0.29, 0.717) is 17.6 Å². The predicted octanol–water partition coefficient (Wildman–Crippen LogP) is 2.34. The van der Waals surface area contributed by atoms with E-state index in [0.717, 1.165) is 11.3 Å². The summed E-state index contributed by atoms with van der Waals surface area (Å²) in [6.07, 6.45) is 2.37. The fraction of sp³-hybridized carbons (Fsp3) is 0.417. The van der Waals surface area contributed by atoms with E-state index >= 15 is 0 Å². The van der Waals surface area contributed by atoms with Crippen molar-refractivity contribution in [2.24, 2.45) is 0 Å². The molecule has 0 spiro atoms. The summed E-state index contributed by atoms with van der Waals surface area (Å²) in [6, 6.07) is 6.05. The Balaban J connectivity index is 1.91. The molecule has 0 aromatic heterocycles. The van der Waals surface area contributed by atoms with Crippen molar-refractivity contribution < 1.29 is 4.79 Å². The zero-order valence-corrected chi connectivity index (χ0v) is 9.97. The second-order valence-corrected chi connectivity index (χ2v) is 4.52. The van der Waals surface area contributed by atoms with E-state index in [1.807, 2.05) is 25.1 Å². The topological polar surface area (TPSA) is 41.1 Å². The van der Waals surface area contributed by atoms with Gasteiger partial charge in [0.1, 0.15) is 0 Å². The highest BCUT2D eigenvalue weighted by atomic mass is 35.5. The number of hydrogen-bond donors (Lipinski definition) is 2. The summed E-state index contributed by atoms with van der Waals surface area (Å²) in [5.41, 5.74) is 1.69. The Morgan fingerprint density at radius 1 is 1.50 bits per heavy atom. The summed E-state index contributed by atoms with van der Waals surface area (Å²) in [7, 11) is 0. The van der Waals surface area contributed by atoms with Crippen molar-refractivity contribution in [1.82, 2.24) is 5.32 Å². The van der Waals surface area contributed by atoms with Gasteiger partial charge in [0.25, 0.3) is 0 Å². The number of hydrogen-bond acceptors (Lipinski definition) is 2. The molecule has 0 aliphatic heterocycles. The second kappa shape index (κ2) is 4.85. The number of halogens is 1. The van der Waals surface area contributed by atoms with Gasteiger partial charge < -0.3 is 10.6 Å². The molecule has 1 amide bonds. The zero-order chi connectivity index (χ0) is 11.5. The SMILES string of the molecule is Cc1c(Cl)cccc1NC(=O)CNC1CC1. The molecule has 0 unspecified atom stereocenters. The number of anilines is 1. The molecule has 0 atom stereocenters. The molecule has 1 saturated carbocycles. The smallest absolute Gasteiger partial charge is 0.238 e. The quantitative estimate of drug-likeness (QED) is 0.846. The molecule has 0 saturated heterocycles. The molecule has 86 valence electrons. The van der Waals surface area contributed by atoms with Crippen LogP contribution in [-0.4, -0.2) is 18.5 Å². The molecule has 16 heavy (non-hydrogen) atoms. The maximum Gasteiger partial charge on any atom is 0.238 e. The van der Waals surface area contributed by atoms with Gasteiger partial charge in [0.15, 0.2) is 0 Å². The Morgan fingerprint density at radius 2 is 2.25 bits per heavy atom. The third kappa shape index (κ3) is 2.97. The van der Waals surface area contributed by atoms with Crippen LogP contribution in [0.15, 0.2) is 18.2 Å². The molecule has 0 bridgehead atoms. The summed E-state index contributed by atoms with van der Waals surface area (Å²) < 4.78 is 0. The van der Waals surface area contributed by atoms with Crippen LogP contribution in [-0.2, 0) is 4.79 Å². The van der Waals surface area contributed by atoms with E-state index in [1.165, 1.54) is 12.8 Å². The Hall–Kier alpha value is -1.06. The molecule has 3 nitrogen and oxygen atoms in total. The fourth-order valence-electron chi connectivity index (χ4n) is 1.46. The van der Waals surface area contributed by atoms with Crippen molar-refractivity contribution >= 4 is 23.2 Å². The molecule has 1 aliphatic rings. The fourth-order valence-corrected chi connectivity index (χ4v) is 1.64. The largest absolute Gasteiger partial charge is 0.325 e. The van der Waals surface area contributed by atoms with Gasteiger partial charge in [-0.2, -0.15) is 0 Å². The number of nitrogens with one attached hydrogen (secondary N) is 2. The molecular weight excluding hydrogens is 224 g/mol. The lowest BCUT2D eigenvalue weighted by molar-refractivity contribution is -0.115. The van der Waals surface area contributed by atoms with Gasteiger partial charge in [0, 0.05) is 16.8 Å². The van der Waals surface area contributed by atoms with E-state index in [4.69, 9.17) is 11.6 Å². The summed E-state index contributed by atoms with van der Waals surface area (Å²) in [4.78, 5) is 11.6. The number of rotatable bonds is 4. The highest BCUT2D eigenvalue weighted by molar-refractivity contribution is 6.31. The van der Waals surface area contributed by atoms with E-state index in [-0.39, 0.29) is 5.91 Å². The first-order valence-corrected chi connectivity index (χ1v) is 5.83. The number of benzene rings is 1. The molecule has 2 N–H and O–H groups in total. The van der Waals surface area contributed by atoms with Crippen LogP contribution in [0.25, 0.3) is 0 Å². The summed E-state index contributed by atoms with van der Waals surface area (Å²) >= 11 is 5.97. The van der Waals surface area contributed by atoms with Crippen molar-refractivity contribution in [2.75, 3.05) is 11.9 Å². The lowest BCUT2D eigenvalue weighted by atomic mass is 10.2. The van der Waals surface area contributed by atoms with Crippen LogP contribution in [0.2, 0.25) is 5.02 Å². The highest BCUT2D eigenvalue weighted by Crippen LogP contribution is 2.23. The maximum absolute atomic E-state index is 11.6. The van der Waals surface area contributed by atoms with Gasteiger partial charge in [-0.05, 0) is 37.5 Å². The van der Waals surface area contributed by atoms with Crippen molar-refractivity contribution in [2.45, 2.75) is 25.8 Å². The Bertz CT molecular complexity index is 402. The Labute approximate surface area is 100 Å². The minimum atomic E-state index is -0.0164. The van der Waals surface area contributed by atoms with Crippen LogP contribution in [0.1, 0.15) is 18.4 Å². The number of carbonyl (C=O) groups is 1. The van der Waals surface area contributed by atoms with Crippen molar-refractivity contribution in [3.8, 4) is 0 Å². The van der Waals surface area contributed by atoms with Gasteiger partial charge in [-0.15, -0.1) is 0 Å². The zero-order valence-electron chi connectivity index (χ0n) is 9.22. The van der Waals surface area contributed by atoms with Crippen LogP contribution >= 0.6 is 11.6 Å². The predicted molar refractivity (Wildman–Crippen MR) is 65.8 cm³/mol. The average molecular weight is 239 g/mol. The minimum absolute atomic E-state index is 0.0164. The van der Waals surface area contributed by atoms with E-state index in [2.05, 4.69) is 10.6 Å². The molecule has 1 aromatic carbocycles. The van der Waals surface area contributed by atoms with Crippen LogP contribution in [0.3, 0.4) is 0 Å². The van der Waals surface area contributed by atoms with Crippen molar-refractivity contribution in [3.05, 3.63) is 28.8 Å². The van der Waals surface area contributed by atoms with E-state index in [9.17, 15) is 4.79 Å². The van der Waals surface area contributed by atoms with Gasteiger partial charge in [0.05, 0.1) is 6.54 Å². The summed E-state index contributed by atoms with van der Waals surface area (Å²) in [5, 5.41) is 6.69. The molecular formula is C12H15ClN2O. The van der Waals surface area contributed by atoms with Crippen molar-refractivity contribution in [1.29, 1.82) is 0 Å². The first-order chi connectivity index (χ1) is 7.66. The van der Waals surface area contributed by atoms with Gasteiger partial charge in [-0.1, -0.05) is 17.7 Å². The van der Waals surface area contributed by atoms with Crippen molar-refractivity contribution in [3.63, 3.8) is 0 Å². The lowest BCUT2D eigenvalue weighted by Crippen LogP contribution is -2.29. The van der Waals surface area contributed by atoms with Gasteiger partial charge >= 0.3 is 0 Å². The first kappa shape index (κ1) is 11.4. The molecule has 0 radical (unpaired) electrons. The van der Waals surface area contributed by atoms with Crippen LogP contribution in [0.5, 0.6) is 0 Å². The molecule has 1 aromatic rings. The van der Waals surface area contributed by atoms with Gasteiger partial charge in [0.2, 0.25) is 5.91 Å². The molecule has 1 fully saturated rings. The summed E-state index contributed by atoms with van der Waals surface area (Å²) in [6.45, 7) is 2.27. The van der Waals surface area contributed by atoms with E-state index in [1.54, 1.807) is 0 Å². The highest BCUT2D eigenvalue weighted by Gasteiger charge is 2.21. The second-order valence-electron chi connectivity index (χ2n) is 4.12. The standard InChI is InChI=1S/C12H15ClN2O/c1-8-10(13)3-2-4-11(8)15-12(16)7-14-9-5-6-9/h2-4,9,14H,5-7H2,1H3,(H,15,16). The molecule has 4 heteroatoms. The van der Waals surface area contributed by atoms with Crippen LogP contribution in [0, 0.1) is 6.92 Å². The normalized spacial score (nSPS) is 14.9. The molecule has 1 aliphatic carbocycles. The van der Waals surface area contributed by atoms with Crippen LogP contribution < -0.4 is 10.6 Å². The first-order valence-electron chi connectivity index (χ1n) is 5.45. The Kier molecular flexibility index (Phi) is 3.46. The van der Waals surface area contributed by atoms with Crippen LogP contribution in [0.4, 0.5) is 5.69 Å². The lowest BCUT2D eigenvalue weighted by Gasteiger charge is -2.09. The summed E-state index contributed by atoms with van der Waals surface area (Å²) in [5.74, 6) is -0.0164. The monoisotopic (exact) mass is 238 g/mol. The van der Waals surface area contributed by atoms with Gasteiger partial charge in [-0.25, -0.2) is 0 Å². The third-order valence-electron chi connectivity index (χ3n) is 2.67. The number of amides is 1. The molecule has 0 heterocycles. The van der Waals surface area contributed by atoms with E-state index < -0.39 is 0 Å². The maximum atomic E-state index is 11.6. The minimum Gasteiger partial charge on any atom is -0.325 e.